The van der Waals surface area contributed by atoms with Crippen molar-refractivity contribution in [3.63, 3.8) is 0 Å². The molecule has 18 rings (SSSR count). The van der Waals surface area contributed by atoms with Crippen molar-refractivity contribution in [2.75, 3.05) is 19.6 Å². The second kappa shape index (κ2) is 23.7. The summed E-state index contributed by atoms with van der Waals surface area (Å²) in [5.74, 6) is 0. The zero-order valence-electron chi connectivity index (χ0n) is 52.6. The van der Waals surface area contributed by atoms with E-state index in [2.05, 4.69) is 396 Å². The third-order valence-corrected chi connectivity index (χ3v) is 19.3. The van der Waals surface area contributed by atoms with Crippen molar-refractivity contribution in [1.82, 2.24) is 0 Å². The highest BCUT2D eigenvalue weighted by Crippen LogP contribution is 2.49. The number of anilines is 12. The van der Waals surface area contributed by atoms with E-state index in [1.54, 1.807) is 0 Å². The zero-order chi connectivity index (χ0) is 63.5. The van der Waals surface area contributed by atoms with E-state index in [4.69, 9.17) is 0 Å². The first-order valence-corrected chi connectivity index (χ1v) is 33.0. The minimum absolute atomic E-state index is 1.05. The Labute approximate surface area is 557 Å². The topological polar surface area (TPSA) is 13.0 Å². The number of rotatable bonds is 13. The molecule has 0 saturated heterocycles. The Balaban J connectivity index is 0.739. The Morgan fingerprint density at radius 3 is 0.521 bits per heavy atom. The average molecular weight is 1220 g/mol. The van der Waals surface area contributed by atoms with Gasteiger partial charge in [-0.1, -0.05) is 255 Å². The summed E-state index contributed by atoms with van der Waals surface area (Å²) < 4.78 is 0. The van der Waals surface area contributed by atoms with Gasteiger partial charge in [0, 0.05) is 67.0 Å². The van der Waals surface area contributed by atoms with Crippen LogP contribution in [0, 0.1) is 0 Å². The van der Waals surface area contributed by atoms with Gasteiger partial charge in [0.15, 0.2) is 0 Å². The second-order valence-corrected chi connectivity index (χ2v) is 24.8. The predicted octanol–water partition coefficient (Wildman–Crippen LogP) is 26.5. The largest absolute Gasteiger partial charge is 0.310 e. The molecule has 0 fully saturated rings. The van der Waals surface area contributed by atoms with Gasteiger partial charge < -0.3 is 19.6 Å². The Morgan fingerprint density at radius 1 is 0.125 bits per heavy atom. The molecule has 0 aliphatic rings. The number of nitrogens with zero attached hydrogens (tertiary/aromatic N) is 4. The molecular formula is C92H62N4. The summed E-state index contributed by atoms with van der Waals surface area (Å²) in [4.78, 5) is 9.68. The highest BCUT2D eigenvalue weighted by Gasteiger charge is 2.24. The van der Waals surface area contributed by atoms with Gasteiger partial charge in [0.1, 0.15) is 0 Å². The molecule has 0 bridgehead atoms. The van der Waals surface area contributed by atoms with Crippen LogP contribution in [-0.4, -0.2) is 0 Å². The maximum Gasteiger partial charge on any atom is 0.0546 e. The van der Waals surface area contributed by atoms with Crippen molar-refractivity contribution in [2.45, 2.75) is 0 Å². The van der Waals surface area contributed by atoms with Gasteiger partial charge in [0.05, 0.1) is 22.7 Å². The fourth-order valence-electron chi connectivity index (χ4n) is 14.8. The van der Waals surface area contributed by atoms with Crippen molar-refractivity contribution in [2.24, 2.45) is 0 Å². The van der Waals surface area contributed by atoms with Crippen LogP contribution >= 0.6 is 0 Å². The summed E-state index contributed by atoms with van der Waals surface area (Å²) in [6, 6.07) is 138. The van der Waals surface area contributed by atoms with E-state index in [9.17, 15) is 0 Å². The normalized spacial score (nSPS) is 11.5. The summed E-state index contributed by atoms with van der Waals surface area (Å²) >= 11 is 0. The summed E-state index contributed by atoms with van der Waals surface area (Å²) in [6.07, 6.45) is 0. The van der Waals surface area contributed by atoms with Crippen LogP contribution in [0.15, 0.2) is 376 Å². The van der Waals surface area contributed by atoms with Gasteiger partial charge in [-0.3, -0.25) is 0 Å². The summed E-state index contributed by atoms with van der Waals surface area (Å²) in [7, 11) is 0. The molecule has 0 aromatic heterocycles. The molecule has 0 aliphatic heterocycles. The second-order valence-electron chi connectivity index (χ2n) is 24.8. The molecule has 0 aliphatic carbocycles. The Hall–Kier alpha value is -12.8. The van der Waals surface area contributed by atoms with Crippen LogP contribution in [0.1, 0.15) is 0 Å². The molecule has 0 saturated carbocycles. The van der Waals surface area contributed by atoms with Crippen LogP contribution in [0.4, 0.5) is 68.2 Å². The summed E-state index contributed by atoms with van der Waals surface area (Å²) in [5, 5.41) is 19.4. The average Bonchev–Trinajstić information content (AvgIpc) is 0.771. The minimum atomic E-state index is 1.05. The van der Waals surface area contributed by atoms with Crippen LogP contribution < -0.4 is 19.6 Å². The molecule has 0 unspecified atom stereocenters. The molecule has 0 atom stereocenters. The molecule has 0 N–H and O–H groups in total. The standard InChI is InChI=1S/C92H62N4/c1-3-27-69(28-4-1)93(89-59-65-23-7-11-31-77(65)81-35-15-19-39-85(81)89)73-51-55-75(56-52-73)95(91-61-67-25-9-13-33-79(67)83-37-17-21-41-87(83)91)71-47-43-63(44-48-71)64-45-49-72(50-46-64)96(92-62-68-26-10-14-34-80(68)84-38-18-22-42-88(84)92)76-57-53-74(54-58-76)94(70-29-5-2-6-30-70)90-60-66-24-8-12-32-78(66)82-36-16-20-40-86(82)90/h1-62H. The lowest BCUT2D eigenvalue weighted by atomic mass is 9.98. The van der Waals surface area contributed by atoms with Crippen LogP contribution in [-0.2, 0) is 0 Å². The molecule has 18 aromatic carbocycles. The Morgan fingerprint density at radius 2 is 0.292 bits per heavy atom. The number of para-hydroxylation sites is 2. The molecule has 0 heterocycles. The molecule has 18 aromatic rings. The number of hydrogen-bond donors (Lipinski definition) is 0. The number of hydrogen-bond acceptors (Lipinski definition) is 4. The quantitative estimate of drug-likeness (QED) is 0.107. The Kier molecular flexibility index (Phi) is 13.8. The van der Waals surface area contributed by atoms with Gasteiger partial charge in [0.25, 0.3) is 0 Å². The van der Waals surface area contributed by atoms with E-state index in [0.717, 1.165) is 79.4 Å². The van der Waals surface area contributed by atoms with Crippen LogP contribution in [0.2, 0.25) is 0 Å². The number of benzene rings is 18. The van der Waals surface area contributed by atoms with Gasteiger partial charge in [-0.25, -0.2) is 0 Å². The fourth-order valence-corrected chi connectivity index (χ4v) is 14.8. The molecule has 0 amide bonds. The molecule has 0 spiro atoms. The number of fused-ring (bicyclic) bond motifs is 12. The van der Waals surface area contributed by atoms with Gasteiger partial charge >= 0.3 is 0 Å². The van der Waals surface area contributed by atoms with Crippen molar-refractivity contribution < 1.29 is 0 Å². The maximum atomic E-state index is 2.43. The lowest BCUT2D eigenvalue weighted by Gasteiger charge is -2.30. The molecule has 4 heteroatoms. The first-order valence-electron chi connectivity index (χ1n) is 33.0. The fraction of sp³-hybridized carbons (Fsp3) is 0. The van der Waals surface area contributed by atoms with Crippen molar-refractivity contribution >= 4 is 154 Å². The predicted molar refractivity (Wildman–Crippen MR) is 411 cm³/mol. The summed E-state index contributed by atoms with van der Waals surface area (Å²) in [6.45, 7) is 0. The van der Waals surface area contributed by atoms with E-state index in [0.29, 0.717) is 0 Å². The minimum Gasteiger partial charge on any atom is -0.310 e. The van der Waals surface area contributed by atoms with Gasteiger partial charge in [-0.05, 0) is 197 Å². The highest BCUT2D eigenvalue weighted by molar-refractivity contribution is 6.18. The van der Waals surface area contributed by atoms with Crippen molar-refractivity contribution in [3.8, 4) is 11.1 Å². The van der Waals surface area contributed by atoms with E-state index in [1.807, 2.05) is 0 Å². The maximum absolute atomic E-state index is 2.43. The smallest absolute Gasteiger partial charge is 0.0546 e. The Bertz CT molecular complexity index is 5580. The van der Waals surface area contributed by atoms with Crippen LogP contribution in [0.3, 0.4) is 0 Å². The van der Waals surface area contributed by atoms with Gasteiger partial charge in [0.2, 0.25) is 0 Å². The SMILES string of the molecule is c1ccc(N(c2ccc(N(c3ccc(-c4ccc(N(c5ccc(N(c6ccccc6)c6cc7ccccc7c7ccccc67)cc5)c5cc6ccccc6c6ccccc56)cc4)cc3)c3cc4ccccc4c4ccccc34)cc2)c2cc3ccccc3c3ccccc23)cc1. The van der Waals surface area contributed by atoms with Gasteiger partial charge in [-0.2, -0.15) is 0 Å². The van der Waals surface area contributed by atoms with Crippen molar-refractivity contribution in [3.05, 3.63) is 376 Å². The lowest BCUT2D eigenvalue weighted by molar-refractivity contribution is 1.27. The third kappa shape index (κ3) is 9.78. The first kappa shape index (κ1) is 56.0. The lowest BCUT2D eigenvalue weighted by Crippen LogP contribution is -2.13. The van der Waals surface area contributed by atoms with E-state index < -0.39 is 0 Å². The van der Waals surface area contributed by atoms with E-state index in [1.165, 1.54) is 86.2 Å². The van der Waals surface area contributed by atoms with Crippen molar-refractivity contribution in [1.29, 1.82) is 0 Å². The van der Waals surface area contributed by atoms with E-state index in [-0.39, 0.29) is 0 Å². The van der Waals surface area contributed by atoms with Crippen LogP contribution in [0.25, 0.3) is 97.3 Å². The molecule has 450 valence electrons. The first-order chi connectivity index (χ1) is 47.6. The molecule has 4 nitrogen and oxygen atoms in total. The van der Waals surface area contributed by atoms with E-state index >= 15 is 0 Å². The molecule has 0 radical (unpaired) electrons. The highest BCUT2D eigenvalue weighted by atomic mass is 15.2. The monoisotopic (exact) mass is 1220 g/mol. The molecule has 96 heavy (non-hydrogen) atoms. The molecular weight excluding hydrogens is 1160 g/mol. The third-order valence-electron chi connectivity index (χ3n) is 19.3. The van der Waals surface area contributed by atoms with Gasteiger partial charge in [-0.15, -0.1) is 0 Å². The zero-order valence-corrected chi connectivity index (χ0v) is 52.6. The summed E-state index contributed by atoms with van der Waals surface area (Å²) in [5.41, 5.74) is 15.3. The van der Waals surface area contributed by atoms with Crippen LogP contribution in [0.5, 0.6) is 0 Å².